The highest BCUT2D eigenvalue weighted by Gasteiger charge is 2.38. The molecule has 0 bridgehead atoms. The van der Waals surface area contributed by atoms with E-state index in [9.17, 15) is 0 Å². The Morgan fingerprint density at radius 3 is 1.24 bits per heavy atom. The first-order chi connectivity index (χ1) is 33.0. The van der Waals surface area contributed by atoms with Gasteiger partial charge in [-0.25, -0.2) is 0 Å². The van der Waals surface area contributed by atoms with Gasteiger partial charge in [0.05, 0.1) is 0 Å². The first-order valence-corrected chi connectivity index (χ1v) is 26.7. The molecule has 1 heterocycles. The second kappa shape index (κ2) is 13.5. The number of benzene rings is 12. The minimum Gasteiger partial charge on any atom is -0.0623 e. The maximum absolute atomic E-state index is 2.66. The van der Waals surface area contributed by atoms with Crippen molar-refractivity contribution in [2.75, 3.05) is 0 Å². The zero-order valence-corrected chi connectivity index (χ0v) is 38.3. The van der Waals surface area contributed by atoms with Gasteiger partial charge in [-0.2, -0.15) is 0 Å². The van der Waals surface area contributed by atoms with Crippen molar-refractivity contribution in [1.82, 2.24) is 0 Å². The van der Waals surface area contributed by atoms with Crippen molar-refractivity contribution < 1.29 is 0 Å². The smallest absolute Gasteiger partial charge is 0.0623 e. The quantitative estimate of drug-likeness (QED) is 0.122. The predicted molar refractivity (Wildman–Crippen MR) is 289 cm³/mol. The van der Waals surface area contributed by atoms with Crippen LogP contribution in [0.5, 0.6) is 0 Å². The Kier molecular flexibility index (Phi) is 7.48. The fourth-order valence-corrected chi connectivity index (χ4v) is 15.8. The van der Waals surface area contributed by atoms with Gasteiger partial charge in [-0.15, -0.1) is 0 Å². The molecule has 0 unspecified atom stereocenters. The Bertz CT molecular complexity index is 4090. The Labute approximate surface area is 391 Å². The summed E-state index contributed by atoms with van der Waals surface area (Å²) in [6.07, 6.45) is 0. The first kappa shape index (κ1) is 37.2. The molecule has 0 amide bonds. The minimum atomic E-state index is -2.08. The molecule has 1 aliphatic heterocycles. The molecular weight excluding hydrogens is 821 g/mol. The van der Waals surface area contributed by atoms with E-state index >= 15 is 0 Å². The van der Waals surface area contributed by atoms with Crippen LogP contribution in [0, 0.1) is 0 Å². The van der Waals surface area contributed by atoms with Gasteiger partial charge < -0.3 is 0 Å². The van der Waals surface area contributed by atoms with Crippen molar-refractivity contribution in [3.63, 3.8) is 0 Å². The van der Waals surface area contributed by atoms with Gasteiger partial charge in [0.2, 0.25) is 0 Å². The van der Waals surface area contributed by atoms with Gasteiger partial charge in [0.25, 0.3) is 0 Å². The van der Waals surface area contributed by atoms with Crippen LogP contribution in [-0.2, 0) is 0 Å². The lowest BCUT2D eigenvalue weighted by Gasteiger charge is -2.24. The van der Waals surface area contributed by atoms with Crippen LogP contribution in [-0.4, -0.2) is 8.07 Å². The van der Waals surface area contributed by atoms with Gasteiger partial charge in [0.1, 0.15) is 8.07 Å². The summed E-state index contributed by atoms with van der Waals surface area (Å²) in [4.78, 5) is 0. The molecule has 0 radical (unpaired) electrons. The number of hydrogen-bond donors (Lipinski definition) is 0. The first-order valence-electron chi connectivity index (χ1n) is 23.7. The van der Waals surface area contributed by atoms with E-state index < -0.39 is 8.07 Å². The highest BCUT2D eigenvalue weighted by atomic mass is 28.3. The van der Waals surface area contributed by atoms with E-state index in [2.05, 4.69) is 231 Å². The van der Waals surface area contributed by atoms with Gasteiger partial charge in [-0.05, 0) is 166 Å². The van der Waals surface area contributed by atoms with Crippen LogP contribution in [0.3, 0.4) is 0 Å². The Balaban J connectivity index is 1.10. The van der Waals surface area contributed by atoms with E-state index in [-0.39, 0.29) is 0 Å². The molecule has 0 saturated heterocycles. The highest BCUT2D eigenvalue weighted by molar-refractivity contribution is 7.04. The van der Waals surface area contributed by atoms with Gasteiger partial charge in [0, 0.05) is 0 Å². The van der Waals surface area contributed by atoms with Crippen molar-refractivity contribution in [3.8, 4) is 100 Å². The molecule has 1 heteroatoms. The molecule has 3 aliphatic rings. The van der Waals surface area contributed by atoms with E-state index in [1.807, 2.05) is 0 Å². The molecule has 12 aromatic carbocycles. The van der Waals surface area contributed by atoms with E-state index in [1.165, 1.54) is 154 Å². The molecular formula is C66H42Si. The summed E-state index contributed by atoms with van der Waals surface area (Å²) in [5.41, 5.74) is 23.5. The van der Waals surface area contributed by atoms with Gasteiger partial charge in [0.15, 0.2) is 0 Å². The maximum Gasteiger partial charge on any atom is 0.113 e. The molecule has 67 heavy (non-hydrogen) atoms. The predicted octanol–water partition coefficient (Wildman–Crippen LogP) is 17.1. The third-order valence-corrected chi connectivity index (χ3v) is 19.3. The molecule has 0 saturated carbocycles. The van der Waals surface area contributed by atoms with E-state index in [0.29, 0.717) is 0 Å². The van der Waals surface area contributed by atoms with Crippen molar-refractivity contribution in [3.05, 3.63) is 218 Å². The van der Waals surface area contributed by atoms with E-state index in [1.54, 1.807) is 0 Å². The van der Waals surface area contributed by atoms with Crippen molar-refractivity contribution in [1.29, 1.82) is 0 Å². The third-order valence-electron chi connectivity index (χ3n) is 15.8. The summed E-state index contributed by atoms with van der Waals surface area (Å²) >= 11 is 0. The minimum absolute atomic E-state index is 1.21. The molecule has 0 aromatic heterocycles. The number of hydrogen-bond acceptors (Lipinski definition) is 0. The highest BCUT2D eigenvalue weighted by Crippen LogP contribution is 2.55. The summed E-state index contributed by atoms with van der Waals surface area (Å²) in [7, 11) is -2.08. The standard InChI is InChI=1S/C66H42Si/c1-67(2)61-25-11-10-20-47(61)57-37-59-60(38-62(57)67)66(55-35-33-53-46-19-9-7-17-44(46)49-22-13-24-51(55)64(49)53)58-36-42(41-28-26-40(27-29-41)39-14-4-3-5-15-39)30-31-56(58)65(59)54-34-32-52-45-18-8-6-16-43(45)48-21-12-23-50(54)63(48)52/h3-38H,1-2H3. The van der Waals surface area contributed by atoms with Crippen LogP contribution >= 0.6 is 0 Å². The summed E-state index contributed by atoms with van der Waals surface area (Å²) in [5, 5.41) is 13.6. The Morgan fingerprint density at radius 2 is 0.642 bits per heavy atom. The molecule has 2 aliphatic carbocycles. The molecule has 12 aromatic rings. The summed E-state index contributed by atoms with van der Waals surface area (Å²) < 4.78 is 0. The lowest BCUT2D eigenvalue weighted by Crippen LogP contribution is -2.49. The molecule has 0 fully saturated rings. The molecule has 0 spiro atoms. The lowest BCUT2D eigenvalue weighted by molar-refractivity contribution is 1.60. The van der Waals surface area contributed by atoms with Crippen LogP contribution in [0.4, 0.5) is 0 Å². The fourth-order valence-electron chi connectivity index (χ4n) is 12.7. The average molecular weight is 863 g/mol. The maximum atomic E-state index is 2.66. The fraction of sp³-hybridized carbons (Fsp3) is 0.0303. The SMILES string of the molecule is C[Si]1(C)c2ccccc2-c2cc3c(-c4ccc5c6c(cccc46)-c4ccccc4-5)c4ccc(-c5ccc(-c6ccccc6)cc5)cc4c(-c4ccc5c6c(cccc46)-c4ccccc4-5)c3cc21. The van der Waals surface area contributed by atoms with Crippen LogP contribution < -0.4 is 10.4 Å². The van der Waals surface area contributed by atoms with Crippen LogP contribution in [0.15, 0.2) is 218 Å². The summed E-state index contributed by atoms with van der Waals surface area (Å²) in [6, 6.07) is 83.3. The Morgan fingerprint density at radius 1 is 0.224 bits per heavy atom. The van der Waals surface area contributed by atoms with Crippen LogP contribution in [0.2, 0.25) is 13.1 Å². The molecule has 310 valence electrons. The Hall–Kier alpha value is -8.10. The van der Waals surface area contributed by atoms with Crippen molar-refractivity contribution in [2.24, 2.45) is 0 Å². The summed E-state index contributed by atoms with van der Waals surface area (Å²) in [5.74, 6) is 0. The molecule has 0 atom stereocenters. The van der Waals surface area contributed by atoms with Gasteiger partial charge in [-0.3, -0.25) is 0 Å². The van der Waals surface area contributed by atoms with Crippen LogP contribution in [0.25, 0.3) is 143 Å². The van der Waals surface area contributed by atoms with Crippen molar-refractivity contribution >= 4 is 61.5 Å². The molecule has 0 N–H and O–H groups in total. The average Bonchev–Trinajstić information content (AvgIpc) is 3.97. The molecule has 0 nitrogen and oxygen atoms in total. The van der Waals surface area contributed by atoms with Gasteiger partial charge in [-0.1, -0.05) is 219 Å². The monoisotopic (exact) mass is 862 g/mol. The summed E-state index contributed by atoms with van der Waals surface area (Å²) in [6.45, 7) is 5.11. The second-order valence-corrected chi connectivity index (χ2v) is 23.8. The number of fused-ring (bicyclic) bond motifs is 11. The van der Waals surface area contributed by atoms with Gasteiger partial charge >= 0.3 is 0 Å². The zero-order valence-electron chi connectivity index (χ0n) is 37.3. The normalized spacial score (nSPS) is 13.3. The van der Waals surface area contributed by atoms with E-state index in [4.69, 9.17) is 0 Å². The molecule has 15 rings (SSSR count). The van der Waals surface area contributed by atoms with Crippen LogP contribution in [0.1, 0.15) is 0 Å². The lowest BCUT2D eigenvalue weighted by atomic mass is 9.81. The topological polar surface area (TPSA) is 0 Å². The number of rotatable bonds is 4. The zero-order chi connectivity index (χ0) is 44.1. The largest absolute Gasteiger partial charge is 0.113 e. The second-order valence-electron chi connectivity index (χ2n) is 19.4. The van der Waals surface area contributed by atoms with Crippen molar-refractivity contribution in [2.45, 2.75) is 13.1 Å². The van der Waals surface area contributed by atoms with E-state index in [0.717, 1.165) is 0 Å². The third kappa shape index (κ3) is 5.02.